The number of benzene rings is 1. The molecule has 3 rings (SSSR count). The minimum absolute atomic E-state index is 0. The lowest BCUT2D eigenvalue weighted by Gasteiger charge is -2.34. The number of hydrogen-bond donors (Lipinski definition) is 1. The normalized spacial score (nSPS) is 22.9. The van der Waals surface area contributed by atoms with E-state index in [-0.39, 0.29) is 49.8 Å². The molecular weight excluding hydrogens is 395 g/mol. The third kappa shape index (κ3) is 5.17. The first-order chi connectivity index (χ1) is 12.8. The van der Waals surface area contributed by atoms with Crippen LogP contribution in [-0.4, -0.2) is 54.3 Å². The fraction of sp³-hybridized carbons (Fsp3) is 0.579. The summed E-state index contributed by atoms with van der Waals surface area (Å²) in [5.74, 6) is -0.637. The maximum atomic E-state index is 12.9. The molecule has 2 aliphatic rings. The summed E-state index contributed by atoms with van der Waals surface area (Å²) in [6, 6.07) is 5.24. The zero-order valence-corrected chi connectivity index (χ0v) is 16.5. The predicted molar refractivity (Wildman–Crippen MR) is 101 cm³/mol. The van der Waals surface area contributed by atoms with Crippen molar-refractivity contribution < 1.29 is 22.8 Å². The van der Waals surface area contributed by atoms with Gasteiger partial charge in [0.05, 0.1) is 11.5 Å². The Hall–Kier alpha value is -1.80. The molecule has 5 nitrogen and oxygen atoms in total. The number of rotatable bonds is 4. The van der Waals surface area contributed by atoms with E-state index in [9.17, 15) is 22.8 Å². The zero-order valence-electron chi connectivity index (χ0n) is 15.7. The molecule has 0 radical (unpaired) electrons. The van der Waals surface area contributed by atoms with Crippen molar-refractivity contribution in [3.05, 3.63) is 35.4 Å². The van der Waals surface area contributed by atoms with Crippen LogP contribution in [0.15, 0.2) is 24.3 Å². The van der Waals surface area contributed by atoms with Crippen molar-refractivity contribution in [1.82, 2.24) is 15.1 Å². The van der Waals surface area contributed by atoms with Crippen LogP contribution in [-0.2, 0) is 22.3 Å². The van der Waals surface area contributed by atoms with Crippen molar-refractivity contribution in [2.24, 2.45) is 5.92 Å². The molecule has 2 fully saturated rings. The molecule has 2 unspecified atom stereocenters. The van der Waals surface area contributed by atoms with Gasteiger partial charge in [-0.25, -0.2) is 0 Å². The van der Waals surface area contributed by atoms with Crippen molar-refractivity contribution >= 4 is 24.2 Å². The number of hydrogen-bond acceptors (Lipinski definition) is 3. The molecule has 2 saturated heterocycles. The van der Waals surface area contributed by atoms with E-state index >= 15 is 0 Å². The minimum Gasteiger partial charge on any atom is -0.341 e. The number of carbonyl (C=O) groups is 2. The first-order valence-electron chi connectivity index (χ1n) is 9.18. The molecule has 2 atom stereocenters. The van der Waals surface area contributed by atoms with E-state index in [1.807, 2.05) is 7.05 Å². The molecular formula is C19H25ClF3N3O2. The monoisotopic (exact) mass is 419 g/mol. The molecule has 0 spiro atoms. The van der Waals surface area contributed by atoms with E-state index in [2.05, 4.69) is 5.32 Å². The molecule has 0 aromatic heterocycles. The summed E-state index contributed by atoms with van der Waals surface area (Å²) >= 11 is 0. The number of alkyl halides is 3. The highest BCUT2D eigenvalue weighted by molar-refractivity contribution is 5.89. The molecule has 2 aliphatic heterocycles. The Labute approximate surface area is 168 Å². The SMILES string of the molecule is CNC1CCCN(C(=O)C2CC(=O)N(Cc3cccc(C(F)(F)F)c3)C2)C1.Cl. The van der Waals surface area contributed by atoms with Crippen molar-refractivity contribution in [2.45, 2.75) is 38.0 Å². The molecule has 1 aromatic rings. The highest BCUT2D eigenvalue weighted by Crippen LogP contribution is 2.30. The first-order valence-corrected chi connectivity index (χ1v) is 9.18. The fourth-order valence-electron chi connectivity index (χ4n) is 3.83. The molecule has 2 heterocycles. The quantitative estimate of drug-likeness (QED) is 0.816. The van der Waals surface area contributed by atoms with E-state index in [1.54, 1.807) is 11.0 Å². The molecule has 0 aliphatic carbocycles. The summed E-state index contributed by atoms with van der Waals surface area (Å²) < 4.78 is 38.6. The molecule has 2 amide bonds. The number of nitrogens with one attached hydrogen (secondary N) is 1. The fourth-order valence-corrected chi connectivity index (χ4v) is 3.83. The van der Waals surface area contributed by atoms with Crippen LogP contribution in [0.3, 0.4) is 0 Å². The number of carbonyl (C=O) groups excluding carboxylic acids is 2. The van der Waals surface area contributed by atoms with Gasteiger partial charge in [-0.05, 0) is 37.6 Å². The van der Waals surface area contributed by atoms with Crippen LogP contribution in [0.5, 0.6) is 0 Å². The molecule has 0 saturated carbocycles. The lowest BCUT2D eigenvalue weighted by Crippen LogP contribution is -2.49. The summed E-state index contributed by atoms with van der Waals surface area (Å²) in [5.41, 5.74) is -0.315. The number of likely N-dealkylation sites (N-methyl/N-ethyl adjacent to an activating group) is 1. The summed E-state index contributed by atoms with van der Waals surface area (Å²) in [4.78, 5) is 28.3. The van der Waals surface area contributed by atoms with Gasteiger partial charge in [-0.2, -0.15) is 13.2 Å². The van der Waals surface area contributed by atoms with Crippen LogP contribution in [0.1, 0.15) is 30.4 Å². The van der Waals surface area contributed by atoms with Gasteiger partial charge in [0.15, 0.2) is 0 Å². The Morgan fingerprint density at radius 2 is 2.04 bits per heavy atom. The van der Waals surface area contributed by atoms with Gasteiger partial charge in [0.25, 0.3) is 0 Å². The van der Waals surface area contributed by atoms with Crippen LogP contribution in [0.4, 0.5) is 13.2 Å². The second-order valence-corrected chi connectivity index (χ2v) is 7.29. The van der Waals surface area contributed by atoms with Gasteiger partial charge < -0.3 is 15.1 Å². The van der Waals surface area contributed by atoms with Crippen molar-refractivity contribution in [3.63, 3.8) is 0 Å². The van der Waals surface area contributed by atoms with Gasteiger partial charge in [-0.3, -0.25) is 9.59 Å². The number of piperidine rings is 1. The Morgan fingerprint density at radius 3 is 2.71 bits per heavy atom. The van der Waals surface area contributed by atoms with E-state index in [1.165, 1.54) is 11.0 Å². The van der Waals surface area contributed by atoms with Gasteiger partial charge >= 0.3 is 6.18 Å². The Balaban J connectivity index is 0.00000280. The average molecular weight is 420 g/mol. The average Bonchev–Trinajstić information content (AvgIpc) is 3.01. The van der Waals surface area contributed by atoms with E-state index < -0.39 is 17.7 Å². The second-order valence-electron chi connectivity index (χ2n) is 7.29. The van der Waals surface area contributed by atoms with E-state index in [0.29, 0.717) is 18.7 Å². The molecule has 9 heteroatoms. The lowest BCUT2D eigenvalue weighted by molar-refractivity contribution is -0.138. The molecule has 0 bridgehead atoms. The molecule has 1 N–H and O–H groups in total. The van der Waals surface area contributed by atoms with Crippen LogP contribution < -0.4 is 5.32 Å². The highest BCUT2D eigenvalue weighted by Gasteiger charge is 2.38. The van der Waals surface area contributed by atoms with E-state index in [4.69, 9.17) is 0 Å². The lowest BCUT2D eigenvalue weighted by atomic mass is 10.0. The third-order valence-corrected chi connectivity index (χ3v) is 5.33. The molecule has 156 valence electrons. The van der Waals surface area contributed by atoms with Crippen molar-refractivity contribution in [2.75, 3.05) is 26.7 Å². The number of likely N-dealkylation sites (tertiary alicyclic amines) is 2. The summed E-state index contributed by atoms with van der Waals surface area (Å²) in [7, 11) is 1.87. The predicted octanol–water partition coefficient (Wildman–Crippen LogP) is 2.69. The third-order valence-electron chi connectivity index (χ3n) is 5.33. The first kappa shape index (κ1) is 22.5. The molecule has 1 aromatic carbocycles. The maximum Gasteiger partial charge on any atom is 0.416 e. The summed E-state index contributed by atoms with van der Waals surface area (Å²) in [6.07, 6.45) is -2.35. The minimum atomic E-state index is -4.42. The van der Waals surface area contributed by atoms with Gasteiger partial charge in [0.1, 0.15) is 0 Å². The highest BCUT2D eigenvalue weighted by atomic mass is 35.5. The standard InChI is InChI=1S/C19H24F3N3O2.ClH/c1-23-16-6-3-7-24(12-16)18(27)14-9-17(26)25(11-14)10-13-4-2-5-15(8-13)19(20,21)22;/h2,4-5,8,14,16,23H,3,6-7,9-12H2,1H3;1H. The topological polar surface area (TPSA) is 52.7 Å². The van der Waals surface area contributed by atoms with Crippen LogP contribution in [0.2, 0.25) is 0 Å². The van der Waals surface area contributed by atoms with Gasteiger partial charge in [0, 0.05) is 38.6 Å². The Kier molecular flexibility index (Phi) is 7.33. The second kappa shape index (κ2) is 9.13. The molecule has 28 heavy (non-hydrogen) atoms. The maximum absolute atomic E-state index is 12.9. The van der Waals surface area contributed by atoms with E-state index in [0.717, 1.165) is 25.0 Å². The van der Waals surface area contributed by atoms with Crippen molar-refractivity contribution in [1.29, 1.82) is 0 Å². The Bertz CT molecular complexity index is 714. The van der Waals surface area contributed by atoms with Crippen LogP contribution in [0, 0.1) is 5.92 Å². The Morgan fingerprint density at radius 1 is 1.29 bits per heavy atom. The van der Waals surface area contributed by atoms with Gasteiger partial charge in [-0.15, -0.1) is 12.4 Å². The largest absolute Gasteiger partial charge is 0.416 e. The van der Waals surface area contributed by atoms with Gasteiger partial charge in [-0.1, -0.05) is 12.1 Å². The summed E-state index contributed by atoms with van der Waals surface area (Å²) in [6.45, 7) is 1.67. The number of nitrogens with zero attached hydrogens (tertiary/aromatic N) is 2. The summed E-state index contributed by atoms with van der Waals surface area (Å²) in [5, 5.41) is 3.18. The smallest absolute Gasteiger partial charge is 0.341 e. The number of amides is 2. The number of halogens is 4. The van der Waals surface area contributed by atoms with Crippen LogP contribution in [0.25, 0.3) is 0 Å². The zero-order chi connectivity index (χ0) is 19.6. The van der Waals surface area contributed by atoms with Crippen LogP contribution >= 0.6 is 12.4 Å². The van der Waals surface area contributed by atoms with Gasteiger partial charge in [0.2, 0.25) is 11.8 Å². The van der Waals surface area contributed by atoms with Crippen molar-refractivity contribution in [3.8, 4) is 0 Å².